The van der Waals surface area contributed by atoms with E-state index in [1.807, 2.05) is 12.2 Å². The third kappa shape index (κ3) is 3.38. The Morgan fingerprint density at radius 3 is 2.29 bits per heavy atom. The summed E-state index contributed by atoms with van der Waals surface area (Å²) in [5.41, 5.74) is 0.949. The number of hydrogen-bond acceptors (Lipinski definition) is 4. The van der Waals surface area contributed by atoms with Gasteiger partial charge in [0.05, 0.1) is 11.8 Å². The van der Waals surface area contributed by atoms with Crippen LogP contribution >= 0.6 is 0 Å². The molecule has 142 valence electrons. The van der Waals surface area contributed by atoms with Crippen LogP contribution in [-0.4, -0.2) is 27.9 Å². The number of carbonyl (C=O) groups is 3. The van der Waals surface area contributed by atoms with Gasteiger partial charge in [-0.1, -0.05) is 18.2 Å². The Balaban J connectivity index is 1.42. The van der Waals surface area contributed by atoms with Crippen LogP contribution in [0.3, 0.4) is 0 Å². The van der Waals surface area contributed by atoms with Gasteiger partial charge in [0.2, 0.25) is 5.91 Å². The van der Waals surface area contributed by atoms with Gasteiger partial charge < -0.3 is 15.7 Å². The number of fused-ring (bicyclic) bond motifs is 2. The topological polar surface area (TPSA) is 108 Å². The number of carboxylic acid groups (broad SMARTS) is 1. The molecule has 2 aromatic rings. The minimum absolute atomic E-state index is 0.0328. The van der Waals surface area contributed by atoms with Crippen molar-refractivity contribution in [2.75, 3.05) is 10.6 Å². The van der Waals surface area contributed by atoms with Gasteiger partial charge >= 0.3 is 5.97 Å². The second-order valence-corrected chi connectivity index (χ2v) is 7.07. The fraction of sp³-hybridized carbons (Fsp3) is 0.238. The lowest BCUT2D eigenvalue weighted by molar-refractivity contribution is -0.146. The number of allylic oxidation sites excluding steroid dienone is 2. The van der Waals surface area contributed by atoms with E-state index >= 15 is 0 Å². The van der Waals surface area contributed by atoms with Gasteiger partial charge in [-0.25, -0.2) is 4.98 Å². The number of rotatable bonds is 5. The molecule has 1 aromatic heterocycles. The molecular weight excluding hydrogens is 358 g/mol. The van der Waals surface area contributed by atoms with Crippen molar-refractivity contribution >= 4 is 29.3 Å². The average Bonchev–Trinajstić information content (AvgIpc) is 3.31. The molecule has 0 unspecified atom stereocenters. The lowest BCUT2D eigenvalue weighted by atomic mass is 9.82. The van der Waals surface area contributed by atoms with E-state index in [-0.39, 0.29) is 23.7 Å². The predicted molar refractivity (Wildman–Crippen MR) is 103 cm³/mol. The number of benzene rings is 1. The zero-order chi connectivity index (χ0) is 19.7. The largest absolute Gasteiger partial charge is 0.481 e. The van der Waals surface area contributed by atoms with Gasteiger partial charge in [-0.15, -0.1) is 0 Å². The fourth-order valence-electron chi connectivity index (χ4n) is 4.07. The van der Waals surface area contributed by atoms with Gasteiger partial charge in [-0.05, 0) is 54.7 Å². The van der Waals surface area contributed by atoms with E-state index in [1.165, 1.54) is 0 Å². The highest BCUT2D eigenvalue weighted by molar-refractivity contribution is 6.04. The van der Waals surface area contributed by atoms with E-state index in [4.69, 9.17) is 0 Å². The average molecular weight is 377 g/mol. The molecule has 4 rings (SSSR count). The second-order valence-electron chi connectivity index (χ2n) is 7.07. The van der Waals surface area contributed by atoms with E-state index in [2.05, 4.69) is 15.6 Å². The molecule has 0 aliphatic heterocycles. The molecule has 0 radical (unpaired) electrons. The smallest absolute Gasteiger partial charge is 0.307 e. The van der Waals surface area contributed by atoms with Gasteiger partial charge in [-0.3, -0.25) is 14.4 Å². The molecule has 1 fully saturated rings. The summed E-state index contributed by atoms with van der Waals surface area (Å²) in [6.07, 6.45) is 6.15. The van der Waals surface area contributed by atoms with Crippen LogP contribution in [-0.2, 0) is 9.59 Å². The molecule has 0 spiro atoms. The van der Waals surface area contributed by atoms with Crippen molar-refractivity contribution in [3.05, 3.63) is 66.4 Å². The van der Waals surface area contributed by atoms with E-state index < -0.39 is 17.8 Å². The van der Waals surface area contributed by atoms with Crippen LogP contribution < -0.4 is 10.6 Å². The van der Waals surface area contributed by atoms with Crippen molar-refractivity contribution in [1.29, 1.82) is 0 Å². The Bertz CT molecular complexity index is 940. The molecule has 7 nitrogen and oxygen atoms in total. The van der Waals surface area contributed by atoms with Crippen molar-refractivity contribution < 1.29 is 19.5 Å². The molecule has 1 heterocycles. The summed E-state index contributed by atoms with van der Waals surface area (Å²) in [6.45, 7) is 0. The highest BCUT2D eigenvalue weighted by atomic mass is 16.4. The number of carbonyl (C=O) groups excluding carboxylic acids is 2. The molecule has 0 saturated heterocycles. The zero-order valence-electron chi connectivity index (χ0n) is 14.9. The van der Waals surface area contributed by atoms with Gasteiger partial charge in [0.1, 0.15) is 5.82 Å². The van der Waals surface area contributed by atoms with E-state index in [1.54, 1.807) is 48.7 Å². The van der Waals surface area contributed by atoms with Crippen LogP contribution in [0.5, 0.6) is 0 Å². The minimum atomic E-state index is -0.932. The normalized spacial score (nSPS) is 24.7. The van der Waals surface area contributed by atoms with Crippen LogP contribution in [0.2, 0.25) is 0 Å². The van der Waals surface area contributed by atoms with Crippen molar-refractivity contribution in [2.45, 2.75) is 6.42 Å². The number of pyridine rings is 1. The highest BCUT2D eigenvalue weighted by Crippen LogP contribution is 2.48. The molecule has 1 aromatic carbocycles. The molecule has 7 heteroatoms. The summed E-state index contributed by atoms with van der Waals surface area (Å²) in [6, 6.07) is 11.7. The Kier molecular flexibility index (Phi) is 4.65. The van der Waals surface area contributed by atoms with Gasteiger partial charge in [0.25, 0.3) is 5.91 Å². The van der Waals surface area contributed by atoms with E-state index in [9.17, 15) is 19.5 Å². The summed E-state index contributed by atoms with van der Waals surface area (Å²) in [5, 5.41) is 15.0. The third-order valence-corrected chi connectivity index (χ3v) is 5.37. The van der Waals surface area contributed by atoms with Crippen LogP contribution in [0.4, 0.5) is 11.5 Å². The molecule has 1 saturated carbocycles. The number of anilines is 2. The molecule has 2 amide bonds. The lowest BCUT2D eigenvalue weighted by Gasteiger charge is -2.23. The Hall–Kier alpha value is -3.48. The molecule has 2 aliphatic rings. The first-order valence-electron chi connectivity index (χ1n) is 9.07. The second kappa shape index (κ2) is 7.26. The summed E-state index contributed by atoms with van der Waals surface area (Å²) >= 11 is 0. The van der Waals surface area contributed by atoms with E-state index in [0.717, 1.165) is 0 Å². The number of aliphatic carboxylic acids is 1. The maximum Gasteiger partial charge on any atom is 0.307 e. The lowest BCUT2D eigenvalue weighted by Crippen LogP contribution is -2.36. The van der Waals surface area contributed by atoms with E-state index in [0.29, 0.717) is 23.5 Å². The van der Waals surface area contributed by atoms with Gasteiger partial charge in [-0.2, -0.15) is 0 Å². The predicted octanol–water partition coefficient (Wildman–Crippen LogP) is 2.80. The number of amides is 2. The molecular formula is C21H19N3O4. The molecule has 4 atom stereocenters. The van der Waals surface area contributed by atoms with Gasteiger partial charge in [0, 0.05) is 17.4 Å². The quantitative estimate of drug-likeness (QED) is 0.695. The minimum Gasteiger partial charge on any atom is -0.481 e. The Morgan fingerprint density at radius 2 is 1.64 bits per heavy atom. The molecule has 28 heavy (non-hydrogen) atoms. The fourth-order valence-corrected chi connectivity index (χ4v) is 4.07. The Labute approximate surface area is 161 Å². The maximum absolute atomic E-state index is 12.7. The van der Waals surface area contributed by atoms with Crippen molar-refractivity contribution in [3.8, 4) is 0 Å². The third-order valence-electron chi connectivity index (χ3n) is 5.37. The first-order chi connectivity index (χ1) is 13.5. The van der Waals surface area contributed by atoms with Crippen molar-refractivity contribution in [3.63, 3.8) is 0 Å². The number of carboxylic acids is 1. The number of nitrogens with one attached hydrogen (secondary N) is 2. The number of hydrogen-bond donors (Lipinski definition) is 3. The standard InChI is InChI=1S/C21H19N3O4/c25-19(24-16-3-1-2-10-22-16)12-6-8-15(9-7-12)23-20(26)17-13-4-5-14(11-13)18(17)21(27)28/h1-10,13-14,17-18H,11H2,(H,23,26)(H,27,28)(H,22,24,25)/t13-,14-,17+,18-/m0/s1. The first-order valence-corrected chi connectivity index (χ1v) is 9.07. The van der Waals surface area contributed by atoms with Crippen molar-refractivity contribution in [2.24, 2.45) is 23.7 Å². The summed E-state index contributed by atoms with van der Waals surface area (Å²) in [7, 11) is 0. The summed E-state index contributed by atoms with van der Waals surface area (Å²) in [4.78, 5) is 40.5. The molecule has 3 N–H and O–H groups in total. The Morgan fingerprint density at radius 1 is 0.929 bits per heavy atom. The van der Waals surface area contributed by atoms with Crippen LogP contribution in [0.25, 0.3) is 0 Å². The summed E-state index contributed by atoms with van der Waals surface area (Å²) in [5.74, 6) is -2.44. The van der Waals surface area contributed by atoms with Crippen LogP contribution in [0, 0.1) is 23.7 Å². The summed E-state index contributed by atoms with van der Waals surface area (Å²) < 4.78 is 0. The molecule has 2 bridgehead atoms. The monoisotopic (exact) mass is 377 g/mol. The van der Waals surface area contributed by atoms with Crippen LogP contribution in [0.15, 0.2) is 60.8 Å². The number of aromatic nitrogens is 1. The highest BCUT2D eigenvalue weighted by Gasteiger charge is 2.51. The van der Waals surface area contributed by atoms with Crippen LogP contribution in [0.1, 0.15) is 16.8 Å². The van der Waals surface area contributed by atoms with Crippen molar-refractivity contribution in [1.82, 2.24) is 4.98 Å². The first kappa shape index (κ1) is 17.9. The number of nitrogens with zero attached hydrogens (tertiary/aromatic N) is 1. The molecule has 2 aliphatic carbocycles. The zero-order valence-corrected chi connectivity index (χ0v) is 14.9. The van der Waals surface area contributed by atoms with Gasteiger partial charge in [0.15, 0.2) is 0 Å². The SMILES string of the molecule is O=C(Nc1ccccn1)c1ccc(NC(=O)[C@H]2[C@@H](C(=O)O)[C@H]3C=C[C@H]2C3)cc1. The maximum atomic E-state index is 12.7.